The average molecular weight is 761 g/mol. The Labute approximate surface area is 332 Å². The molecule has 8 aromatic rings. The van der Waals surface area contributed by atoms with Gasteiger partial charge in [-0.3, -0.25) is 9.80 Å². The highest BCUT2D eigenvalue weighted by Gasteiger charge is 2.28. The minimum atomic E-state index is -0.976. The van der Waals surface area contributed by atoms with Crippen molar-refractivity contribution in [3.63, 3.8) is 0 Å². The number of carboxylic acid groups (broad SMARTS) is 1. The van der Waals surface area contributed by atoms with Gasteiger partial charge in [-0.25, -0.2) is 4.79 Å². The third-order valence-electron chi connectivity index (χ3n) is 9.96. The molecule has 0 radical (unpaired) electrons. The lowest BCUT2D eigenvalue weighted by Crippen LogP contribution is -2.22. The van der Waals surface area contributed by atoms with Crippen molar-refractivity contribution in [2.75, 3.05) is 28.2 Å². The van der Waals surface area contributed by atoms with Crippen LogP contribution in [0.3, 0.4) is 0 Å². The first-order chi connectivity index (χ1) is 27.2. The quantitative estimate of drug-likeness (QED) is 0.122. The predicted octanol–water partition coefficient (Wildman–Crippen LogP) is 11.2. The van der Waals surface area contributed by atoms with Gasteiger partial charge >= 0.3 is 5.97 Å². The highest BCUT2D eigenvalue weighted by atomic mass is 35.5. The molecule has 8 rings (SSSR count). The minimum Gasteiger partial charge on any atom is -0.489 e. The van der Waals surface area contributed by atoms with Crippen molar-refractivity contribution in [1.29, 1.82) is 0 Å². The van der Waals surface area contributed by atoms with Gasteiger partial charge in [-0.2, -0.15) is 0 Å². The van der Waals surface area contributed by atoms with Gasteiger partial charge in [-0.05, 0) is 86.8 Å². The maximum Gasteiger partial charge on any atom is 0.352 e. The summed E-state index contributed by atoms with van der Waals surface area (Å²) in [5, 5.41) is 12.7. The number of H-pyrrole nitrogens is 2. The molecule has 0 spiro atoms. The second kappa shape index (κ2) is 17.1. The van der Waals surface area contributed by atoms with Gasteiger partial charge in [-0.1, -0.05) is 133 Å². The number of aromatic amines is 2. The van der Waals surface area contributed by atoms with E-state index < -0.39 is 5.97 Å². The molecule has 2 aromatic heterocycles. The number of para-hydroxylation sites is 1. The van der Waals surface area contributed by atoms with Crippen molar-refractivity contribution >= 4 is 39.4 Å². The van der Waals surface area contributed by atoms with Gasteiger partial charge in [0.05, 0.1) is 17.8 Å². The first kappa shape index (κ1) is 38.2. The van der Waals surface area contributed by atoms with E-state index in [0.29, 0.717) is 12.4 Å². The maximum atomic E-state index is 12.1. The Bertz CT molecular complexity index is 2530. The zero-order chi connectivity index (χ0) is 39.2. The molecule has 2 heterocycles. The molecule has 0 aliphatic carbocycles. The van der Waals surface area contributed by atoms with E-state index in [1.54, 1.807) is 0 Å². The second-order valence-corrected chi connectivity index (χ2v) is 14.7. The van der Waals surface area contributed by atoms with E-state index >= 15 is 0 Å². The summed E-state index contributed by atoms with van der Waals surface area (Å²) in [6, 6.07) is 52.7. The molecule has 2 atom stereocenters. The number of benzene rings is 6. The molecule has 6 aromatic carbocycles. The van der Waals surface area contributed by atoms with Crippen LogP contribution in [-0.4, -0.2) is 59.0 Å². The summed E-state index contributed by atoms with van der Waals surface area (Å²) in [5.41, 5.74) is 9.82. The van der Waals surface area contributed by atoms with E-state index in [1.807, 2.05) is 110 Å². The lowest BCUT2D eigenvalue weighted by molar-refractivity contribution is 0.0689. The molecule has 0 saturated carbocycles. The molecule has 7 nitrogen and oxygen atoms in total. The van der Waals surface area contributed by atoms with E-state index in [4.69, 9.17) is 16.3 Å². The average Bonchev–Trinajstić information content (AvgIpc) is 3.78. The Balaban J connectivity index is 0.000000173. The Morgan fingerprint density at radius 1 is 0.625 bits per heavy atom. The van der Waals surface area contributed by atoms with Crippen molar-refractivity contribution < 1.29 is 14.6 Å². The van der Waals surface area contributed by atoms with Gasteiger partial charge in [0, 0.05) is 38.0 Å². The van der Waals surface area contributed by atoms with Gasteiger partial charge < -0.3 is 19.8 Å². The second-order valence-electron chi connectivity index (χ2n) is 14.2. The van der Waals surface area contributed by atoms with E-state index in [2.05, 4.69) is 95.7 Å². The van der Waals surface area contributed by atoms with E-state index in [-0.39, 0.29) is 17.8 Å². The molecular formula is C48H45ClN4O3. The fraction of sp³-hybridized carbons (Fsp3) is 0.146. The van der Waals surface area contributed by atoms with Gasteiger partial charge in [-0.15, -0.1) is 0 Å². The van der Waals surface area contributed by atoms with Crippen LogP contribution in [0.25, 0.3) is 33.1 Å². The summed E-state index contributed by atoms with van der Waals surface area (Å²) in [5.74, 6) is -0.273. The molecule has 3 N–H and O–H groups in total. The molecule has 8 heteroatoms. The number of aromatic nitrogens is 2. The Kier molecular flexibility index (Phi) is 11.7. The van der Waals surface area contributed by atoms with E-state index in [9.17, 15) is 9.90 Å². The van der Waals surface area contributed by atoms with Crippen LogP contribution in [-0.2, 0) is 6.61 Å². The number of fused-ring (bicyclic) bond motifs is 2. The van der Waals surface area contributed by atoms with Gasteiger partial charge in [0.2, 0.25) is 0 Å². The van der Waals surface area contributed by atoms with Crippen LogP contribution in [0.4, 0.5) is 0 Å². The van der Waals surface area contributed by atoms with E-state index in [1.165, 1.54) is 16.5 Å². The number of hydrogen-bond acceptors (Lipinski definition) is 4. The number of aromatic carboxylic acids is 1. The molecule has 0 saturated heterocycles. The van der Waals surface area contributed by atoms with Crippen LogP contribution in [0.2, 0.25) is 5.02 Å². The van der Waals surface area contributed by atoms with Crippen LogP contribution in [0.5, 0.6) is 5.75 Å². The van der Waals surface area contributed by atoms with Crippen molar-refractivity contribution in [2.24, 2.45) is 0 Å². The lowest BCUT2D eigenvalue weighted by atomic mass is 9.93. The number of halogens is 1. The SMILES string of the molecule is CN(C)C(c1ccccc1)c1c(-c2ccc(Cl)cc2)[nH]c2ccccc12.CN(C)C(c1ccccc1)c1c(C(=O)O)[nH]c2ccc(OCc3ccccc3)cc12. The summed E-state index contributed by atoms with van der Waals surface area (Å²) < 4.78 is 6.00. The summed E-state index contributed by atoms with van der Waals surface area (Å²) in [6.07, 6.45) is 0. The smallest absolute Gasteiger partial charge is 0.352 e. The fourth-order valence-corrected chi connectivity index (χ4v) is 7.61. The normalized spacial score (nSPS) is 12.4. The van der Waals surface area contributed by atoms with Crippen molar-refractivity contribution in [3.05, 3.63) is 196 Å². The first-order valence-electron chi connectivity index (χ1n) is 18.5. The number of carboxylic acids is 1. The monoisotopic (exact) mass is 760 g/mol. The van der Waals surface area contributed by atoms with E-state index in [0.717, 1.165) is 49.4 Å². The van der Waals surface area contributed by atoms with Gasteiger partial charge in [0.1, 0.15) is 18.1 Å². The topological polar surface area (TPSA) is 84.6 Å². The van der Waals surface area contributed by atoms with Gasteiger partial charge in [0.25, 0.3) is 0 Å². The fourth-order valence-electron chi connectivity index (χ4n) is 7.48. The number of hydrogen-bond donors (Lipinski definition) is 3. The van der Waals surface area contributed by atoms with Crippen LogP contribution < -0.4 is 4.74 Å². The predicted molar refractivity (Wildman–Crippen MR) is 229 cm³/mol. The maximum absolute atomic E-state index is 12.1. The molecule has 56 heavy (non-hydrogen) atoms. The van der Waals surface area contributed by atoms with Crippen molar-refractivity contribution in [1.82, 2.24) is 19.8 Å². The van der Waals surface area contributed by atoms with Crippen LogP contribution in [0.1, 0.15) is 50.4 Å². The largest absolute Gasteiger partial charge is 0.489 e. The lowest BCUT2D eigenvalue weighted by Gasteiger charge is -2.26. The summed E-state index contributed by atoms with van der Waals surface area (Å²) in [4.78, 5) is 23.1. The summed E-state index contributed by atoms with van der Waals surface area (Å²) in [6.45, 7) is 0.452. The van der Waals surface area contributed by atoms with Crippen molar-refractivity contribution in [2.45, 2.75) is 18.7 Å². The molecule has 2 unspecified atom stereocenters. The zero-order valence-corrected chi connectivity index (χ0v) is 32.7. The first-order valence-corrected chi connectivity index (χ1v) is 18.9. The number of rotatable bonds is 11. The summed E-state index contributed by atoms with van der Waals surface area (Å²) >= 11 is 6.11. The van der Waals surface area contributed by atoms with Crippen molar-refractivity contribution in [3.8, 4) is 17.0 Å². The van der Waals surface area contributed by atoms with Crippen LogP contribution >= 0.6 is 11.6 Å². The Morgan fingerprint density at radius 2 is 1.16 bits per heavy atom. The Morgan fingerprint density at radius 3 is 1.75 bits per heavy atom. The van der Waals surface area contributed by atoms with Crippen LogP contribution in [0, 0.1) is 0 Å². The zero-order valence-electron chi connectivity index (χ0n) is 31.9. The number of carbonyl (C=O) groups is 1. The highest BCUT2D eigenvalue weighted by molar-refractivity contribution is 6.30. The minimum absolute atomic E-state index is 0.151. The molecule has 282 valence electrons. The number of ether oxygens (including phenoxy) is 1. The molecular weight excluding hydrogens is 716 g/mol. The molecule has 0 bridgehead atoms. The molecule has 0 aliphatic rings. The Hall–Kier alpha value is -6.12. The molecule has 0 aliphatic heterocycles. The number of nitrogens with one attached hydrogen (secondary N) is 2. The van der Waals surface area contributed by atoms with Crippen LogP contribution in [0.15, 0.2) is 158 Å². The van der Waals surface area contributed by atoms with Gasteiger partial charge in [0.15, 0.2) is 0 Å². The highest BCUT2D eigenvalue weighted by Crippen LogP contribution is 2.40. The molecule has 0 amide bonds. The molecule has 0 fully saturated rings. The number of nitrogens with zero attached hydrogens (tertiary/aromatic N) is 2. The third kappa shape index (κ3) is 8.26. The standard InChI is InChI=1S/C25H24N2O3.C23H21ClN2/c1-27(2)24(18-11-7-4-8-12-18)22-20-15-19(30-16-17-9-5-3-6-10-17)13-14-21(20)26-23(22)25(28)29;1-26(2)23(17-8-4-3-5-9-17)21-19-10-6-7-11-20(19)25-22(21)16-12-14-18(24)15-13-16/h3-15,24,26H,16H2,1-2H3,(H,28,29);3-15,23,25H,1-2H3. The summed E-state index contributed by atoms with van der Waals surface area (Å²) in [7, 11) is 8.17. The third-order valence-corrected chi connectivity index (χ3v) is 10.2.